The summed E-state index contributed by atoms with van der Waals surface area (Å²) >= 11 is 6.00. The zero-order valence-corrected chi connectivity index (χ0v) is 16.3. The minimum absolute atomic E-state index is 0.0305. The summed E-state index contributed by atoms with van der Waals surface area (Å²) in [6.07, 6.45) is 0. The highest BCUT2D eigenvalue weighted by Crippen LogP contribution is 2.27. The van der Waals surface area contributed by atoms with E-state index in [1.165, 1.54) is 0 Å². The van der Waals surface area contributed by atoms with Gasteiger partial charge in [0.05, 0.1) is 16.8 Å². The van der Waals surface area contributed by atoms with E-state index in [1.807, 2.05) is 59.5 Å². The fourth-order valence-corrected chi connectivity index (χ4v) is 3.64. The van der Waals surface area contributed by atoms with Crippen LogP contribution in [0, 0.1) is 0 Å². The van der Waals surface area contributed by atoms with Gasteiger partial charge in [-0.15, -0.1) is 0 Å². The molecule has 1 aliphatic rings. The van der Waals surface area contributed by atoms with E-state index < -0.39 is 0 Å². The minimum Gasteiger partial charge on any atom is -0.339 e. The van der Waals surface area contributed by atoms with E-state index in [2.05, 4.69) is 0 Å². The molecular weight excluding hydrogens is 374 g/mol. The van der Waals surface area contributed by atoms with Gasteiger partial charge in [0.1, 0.15) is 0 Å². The Morgan fingerprint density at radius 2 is 1.57 bits per heavy atom. The van der Waals surface area contributed by atoms with Crippen molar-refractivity contribution in [1.29, 1.82) is 0 Å². The highest BCUT2D eigenvalue weighted by Gasteiger charge is 2.25. The molecule has 0 spiro atoms. The first-order chi connectivity index (χ1) is 13.5. The highest BCUT2D eigenvalue weighted by molar-refractivity contribution is 6.30. The molecule has 0 saturated carbocycles. The molecule has 0 N–H and O–H groups in total. The maximum Gasteiger partial charge on any atom is 0.254 e. The Labute approximate surface area is 168 Å². The molecule has 0 bridgehead atoms. The summed E-state index contributed by atoms with van der Waals surface area (Å²) in [6.45, 7) is 3.76. The lowest BCUT2D eigenvalue weighted by Gasteiger charge is -2.34. The molecule has 142 valence electrons. The fourth-order valence-electron chi connectivity index (χ4n) is 3.52. The first-order valence-corrected chi connectivity index (χ1v) is 9.61. The number of hydrogen-bond acceptors (Lipinski definition) is 3. The number of para-hydroxylation sites is 1. The summed E-state index contributed by atoms with van der Waals surface area (Å²) in [7, 11) is 0. The molecular formula is C22H20ClN3O2. The standard InChI is InChI=1S/C22H20ClN3O2/c1-15(27)25-10-12-26(13-11-25)22(28)19-14-21(16-6-8-17(23)9-7-16)24-20-5-3-2-4-18(19)20/h2-9,14H,10-13H2,1H3. The second kappa shape index (κ2) is 7.60. The van der Waals surface area contributed by atoms with Crippen LogP contribution in [0.4, 0.5) is 0 Å². The quantitative estimate of drug-likeness (QED) is 0.664. The topological polar surface area (TPSA) is 53.5 Å². The smallest absolute Gasteiger partial charge is 0.254 e. The summed E-state index contributed by atoms with van der Waals surface area (Å²) in [6, 6.07) is 17.0. The van der Waals surface area contributed by atoms with Crippen molar-refractivity contribution in [3.05, 3.63) is 65.2 Å². The number of carbonyl (C=O) groups is 2. The molecule has 2 amide bonds. The zero-order valence-electron chi connectivity index (χ0n) is 15.6. The molecule has 0 aliphatic carbocycles. The third-order valence-corrected chi connectivity index (χ3v) is 5.35. The Morgan fingerprint density at radius 3 is 2.25 bits per heavy atom. The van der Waals surface area contributed by atoms with Gasteiger partial charge in [-0.3, -0.25) is 9.59 Å². The summed E-state index contributed by atoms with van der Waals surface area (Å²) < 4.78 is 0. The predicted octanol–water partition coefficient (Wildman–Crippen LogP) is 3.86. The van der Waals surface area contributed by atoms with Crippen molar-refractivity contribution in [2.24, 2.45) is 0 Å². The molecule has 2 aromatic carbocycles. The number of halogens is 1. The first kappa shape index (κ1) is 18.4. The van der Waals surface area contributed by atoms with E-state index in [0.29, 0.717) is 36.8 Å². The van der Waals surface area contributed by atoms with E-state index in [4.69, 9.17) is 16.6 Å². The van der Waals surface area contributed by atoms with Crippen molar-refractivity contribution in [3.8, 4) is 11.3 Å². The van der Waals surface area contributed by atoms with Gasteiger partial charge in [-0.1, -0.05) is 41.9 Å². The van der Waals surface area contributed by atoms with Crippen LogP contribution >= 0.6 is 11.6 Å². The average Bonchev–Trinajstić information content (AvgIpc) is 2.73. The third kappa shape index (κ3) is 3.58. The first-order valence-electron chi connectivity index (χ1n) is 9.23. The number of amides is 2. The SMILES string of the molecule is CC(=O)N1CCN(C(=O)c2cc(-c3ccc(Cl)cc3)nc3ccccc23)CC1. The Bertz CT molecular complexity index is 1040. The van der Waals surface area contributed by atoms with Crippen LogP contribution in [0.2, 0.25) is 5.02 Å². The molecule has 1 aliphatic heterocycles. The lowest BCUT2D eigenvalue weighted by atomic mass is 10.0. The molecule has 1 fully saturated rings. The van der Waals surface area contributed by atoms with Gasteiger partial charge in [0.25, 0.3) is 5.91 Å². The van der Waals surface area contributed by atoms with Crippen LogP contribution in [0.25, 0.3) is 22.2 Å². The van der Waals surface area contributed by atoms with Crippen molar-refractivity contribution in [2.75, 3.05) is 26.2 Å². The van der Waals surface area contributed by atoms with Crippen LogP contribution < -0.4 is 0 Å². The third-order valence-electron chi connectivity index (χ3n) is 5.10. The Balaban J connectivity index is 1.72. The summed E-state index contributed by atoms with van der Waals surface area (Å²) in [5, 5.41) is 1.49. The molecule has 1 saturated heterocycles. The minimum atomic E-state index is -0.0305. The molecule has 0 unspecified atom stereocenters. The molecule has 28 heavy (non-hydrogen) atoms. The van der Waals surface area contributed by atoms with Crippen molar-refractivity contribution in [3.63, 3.8) is 0 Å². The second-order valence-corrected chi connectivity index (χ2v) is 7.31. The van der Waals surface area contributed by atoms with Crippen LogP contribution in [0.5, 0.6) is 0 Å². The number of hydrogen-bond donors (Lipinski definition) is 0. The van der Waals surface area contributed by atoms with Crippen LogP contribution in [0.1, 0.15) is 17.3 Å². The molecule has 2 heterocycles. The number of aromatic nitrogens is 1. The molecule has 0 radical (unpaired) electrons. The Kier molecular flexibility index (Phi) is 5.01. The van der Waals surface area contributed by atoms with E-state index >= 15 is 0 Å². The maximum absolute atomic E-state index is 13.3. The highest BCUT2D eigenvalue weighted by atomic mass is 35.5. The summed E-state index contributed by atoms with van der Waals surface area (Å²) in [5.41, 5.74) is 3.05. The predicted molar refractivity (Wildman–Crippen MR) is 110 cm³/mol. The van der Waals surface area contributed by atoms with Crippen LogP contribution in [-0.4, -0.2) is 52.8 Å². The maximum atomic E-state index is 13.3. The number of rotatable bonds is 2. The number of carbonyl (C=O) groups excluding carboxylic acids is 2. The van der Waals surface area contributed by atoms with Gasteiger partial charge in [-0.05, 0) is 24.3 Å². The average molecular weight is 394 g/mol. The van der Waals surface area contributed by atoms with Gasteiger partial charge in [0, 0.05) is 49.1 Å². The van der Waals surface area contributed by atoms with Crippen molar-refractivity contribution in [2.45, 2.75) is 6.92 Å². The normalized spacial score (nSPS) is 14.4. The molecule has 5 nitrogen and oxygen atoms in total. The molecule has 6 heteroatoms. The lowest BCUT2D eigenvalue weighted by molar-refractivity contribution is -0.130. The van der Waals surface area contributed by atoms with Gasteiger partial charge in [0.2, 0.25) is 5.91 Å². The number of piperazine rings is 1. The van der Waals surface area contributed by atoms with Crippen LogP contribution in [0.3, 0.4) is 0 Å². The van der Waals surface area contributed by atoms with Gasteiger partial charge in [0.15, 0.2) is 0 Å². The lowest BCUT2D eigenvalue weighted by Crippen LogP contribution is -2.50. The molecule has 3 aromatic rings. The van der Waals surface area contributed by atoms with Crippen molar-refractivity contribution >= 4 is 34.3 Å². The molecule has 4 rings (SSSR count). The van der Waals surface area contributed by atoms with Gasteiger partial charge >= 0.3 is 0 Å². The van der Waals surface area contributed by atoms with Crippen molar-refractivity contribution < 1.29 is 9.59 Å². The van der Waals surface area contributed by atoms with E-state index in [9.17, 15) is 9.59 Å². The van der Waals surface area contributed by atoms with Gasteiger partial charge in [-0.2, -0.15) is 0 Å². The number of fused-ring (bicyclic) bond motifs is 1. The van der Waals surface area contributed by atoms with Crippen molar-refractivity contribution in [1.82, 2.24) is 14.8 Å². The van der Waals surface area contributed by atoms with E-state index in [-0.39, 0.29) is 11.8 Å². The second-order valence-electron chi connectivity index (χ2n) is 6.88. The number of nitrogens with zero attached hydrogens (tertiary/aromatic N) is 3. The van der Waals surface area contributed by atoms with Crippen LogP contribution in [-0.2, 0) is 4.79 Å². The number of pyridine rings is 1. The van der Waals surface area contributed by atoms with Gasteiger partial charge < -0.3 is 9.80 Å². The van der Waals surface area contributed by atoms with Gasteiger partial charge in [-0.25, -0.2) is 4.98 Å². The molecule has 1 aromatic heterocycles. The van der Waals surface area contributed by atoms with E-state index in [1.54, 1.807) is 11.8 Å². The summed E-state index contributed by atoms with van der Waals surface area (Å²) in [4.78, 5) is 33.2. The Morgan fingerprint density at radius 1 is 0.929 bits per heavy atom. The zero-order chi connectivity index (χ0) is 19.7. The largest absolute Gasteiger partial charge is 0.339 e. The van der Waals surface area contributed by atoms with E-state index in [0.717, 1.165) is 22.2 Å². The molecule has 0 atom stereocenters. The fraction of sp³-hybridized carbons (Fsp3) is 0.227. The Hall–Kier alpha value is -2.92. The summed E-state index contributed by atoms with van der Waals surface area (Å²) in [5.74, 6) is 0.0171. The van der Waals surface area contributed by atoms with Crippen LogP contribution in [0.15, 0.2) is 54.6 Å². The monoisotopic (exact) mass is 393 g/mol. The number of benzene rings is 2.